The van der Waals surface area contributed by atoms with Crippen LogP contribution in [0.2, 0.25) is 0 Å². The van der Waals surface area contributed by atoms with Crippen molar-refractivity contribution in [2.24, 2.45) is 11.5 Å². The van der Waals surface area contributed by atoms with Crippen LogP contribution in [0.4, 0.5) is 0 Å². The summed E-state index contributed by atoms with van der Waals surface area (Å²) < 4.78 is 0. The highest BCUT2D eigenvalue weighted by atomic mass is 16.4. The van der Waals surface area contributed by atoms with Gasteiger partial charge >= 0.3 is 5.97 Å². The molecule has 5 unspecified atom stereocenters. The van der Waals surface area contributed by atoms with Gasteiger partial charge in [-0.25, -0.2) is 9.78 Å². The fourth-order valence-electron chi connectivity index (χ4n) is 4.34. The average molecular weight is 571 g/mol. The summed E-state index contributed by atoms with van der Waals surface area (Å²) in [5.74, 6) is -3.37. The highest BCUT2D eigenvalue weighted by molar-refractivity contribution is 5.95. The second kappa shape index (κ2) is 14.9. The molecule has 1 aromatic carbocycles. The van der Waals surface area contributed by atoms with E-state index in [1.165, 1.54) is 19.4 Å². The van der Waals surface area contributed by atoms with Crippen molar-refractivity contribution in [2.45, 2.75) is 69.3 Å². The van der Waals surface area contributed by atoms with Gasteiger partial charge < -0.3 is 47.6 Å². The first-order chi connectivity index (χ1) is 19.6. The molecule has 0 saturated heterocycles. The van der Waals surface area contributed by atoms with E-state index in [4.69, 9.17) is 11.5 Å². The number of aromatic nitrogens is 3. The third kappa shape index (κ3) is 8.86. The van der Waals surface area contributed by atoms with Gasteiger partial charge in [0.2, 0.25) is 17.7 Å². The zero-order valence-corrected chi connectivity index (χ0v) is 22.8. The first-order valence-electron chi connectivity index (χ1n) is 13.4. The molecule has 14 nitrogen and oxygen atoms in total. The van der Waals surface area contributed by atoms with Gasteiger partial charge in [0, 0.05) is 41.8 Å². The van der Waals surface area contributed by atoms with Crippen LogP contribution in [0, 0.1) is 0 Å². The Balaban J connectivity index is 1.85. The van der Waals surface area contributed by atoms with Gasteiger partial charge in [-0.05, 0) is 44.4 Å². The van der Waals surface area contributed by atoms with Crippen LogP contribution in [-0.2, 0) is 32.0 Å². The van der Waals surface area contributed by atoms with Crippen LogP contribution in [0.1, 0.15) is 37.4 Å². The molecular weight excluding hydrogens is 532 g/mol. The molecule has 0 aliphatic heterocycles. The van der Waals surface area contributed by atoms with Gasteiger partial charge in [-0.15, -0.1) is 0 Å². The van der Waals surface area contributed by atoms with E-state index in [1.807, 2.05) is 24.3 Å². The van der Waals surface area contributed by atoms with Crippen LogP contribution in [0.3, 0.4) is 0 Å². The number of carbonyl (C=O) groups is 4. The lowest BCUT2D eigenvalue weighted by atomic mass is 10.0. The van der Waals surface area contributed by atoms with Gasteiger partial charge in [0.05, 0.1) is 12.4 Å². The minimum Gasteiger partial charge on any atom is -0.480 e. The first kappa shape index (κ1) is 31.3. The largest absolute Gasteiger partial charge is 0.480 e. The lowest BCUT2D eigenvalue weighted by molar-refractivity contribution is -0.142. The summed E-state index contributed by atoms with van der Waals surface area (Å²) in [7, 11) is 0. The lowest BCUT2D eigenvalue weighted by Gasteiger charge is -2.25. The second-order valence-electron chi connectivity index (χ2n) is 9.92. The molecule has 3 amide bonds. The van der Waals surface area contributed by atoms with Gasteiger partial charge in [0.1, 0.15) is 24.2 Å². The number of aliphatic hydroxyl groups is 1. The lowest BCUT2D eigenvalue weighted by Crippen LogP contribution is -2.59. The SMILES string of the molecule is CC(O)C(N)C(=O)NC(Cc1c[nH]c2ccccc12)C(=O)NC(Cc1cnc[nH]1)C(=O)NC(CCCCN)C(=O)O. The minimum absolute atomic E-state index is 0.0202. The Morgan fingerprint density at radius 3 is 2.24 bits per heavy atom. The van der Waals surface area contributed by atoms with E-state index in [-0.39, 0.29) is 19.3 Å². The maximum atomic E-state index is 13.6. The van der Waals surface area contributed by atoms with Crippen LogP contribution >= 0.6 is 0 Å². The summed E-state index contributed by atoms with van der Waals surface area (Å²) in [4.78, 5) is 61.4. The molecule has 0 bridgehead atoms. The van der Waals surface area contributed by atoms with Crippen LogP contribution < -0.4 is 27.4 Å². The Morgan fingerprint density at radius 1 is 0.951 bits per heavy atom. The maximum absolute atomic E-state index is 13.6. The average Bonchev–Trinajstić information content (AvgIpc) is 3.61. The third-order valence-corrected chi connectivity index (χ3v) is 6.73. The molecule has 0 saturated carbocycles. The number of aliphatic carboxylic acids is 1. The van der Waals surface area contributed by atoms with E-state index >= 15 is 0 Å². The Morgan fingerprint density at radius 2 is 1.61 bits per heavy atom. The summed E-state index contributed by atoms with van der Waals surface area (Å²) in [5.41, 5.74) is 13.4. The molecule has 5 atom stereocenters. The molecule has 0 fully saturated rings. The number of nitrogens with two attached hydrogens (primary N) is 2. The third-order valence-electron chi connectivity index (χ3n) is 6.73. The van der Waals surface area contributed by atoms with Crippen molar-refractivity contribution in [1.82, 2.24) is 30.9 Å². The molecule has 41 heavy (non-hydrogen) atoms. The van der Waals surface area contributed by atoms with Gasteiger partial charge in [-0.3, -0.25) is 14.4 Å². The van der Waals surface area contributed by atoms with Crippen molar-refractivity contribution in [3.63, 3.8) is 0 Å². The van der Waals surface area contributed by atoms with Crippen molar-refractivity contribution >= 4 is 34.6 Å². The van der Waals surface area contributed by atoms with Crippen LogP contribution in [0.25, 0.3) is 10.9 Å². The number of rotatable bonds is 16. The Kier molecular flexibility index (Phi) is 11.4. The number of hydrogen-bond donors (Lipinski definition) is 9. The number of carboxylic acid groups (broad SMARTS) is 1. The highest BCUT2D eigenvalue weighted by Gasteiger charge is 2.32. The Hall–Kier alpha value is -4.27. The van der Waals surface area contributed by atoms with Crippen LogP contribution in [0.5, 0.6) is 0 Å². The number of carbonyl (C=O) groups excluding carboxylic acids is 3. The summed E-state index contributed by atoms with van der Waals surface area (Å²) in [6.07, 6.45) is 4.73. The van der Waals surface area contributed by atoms with Crippen molar-refractivity contribution in [2.75, 3.05) is 6.54 Å². The molecule has 2 heterocycles. The number of nitrogens with one attached hydrogen (secondary N) is 5. The predicted molar refractivity (Wildman–Crippen MR) is 150 cm³/mol. The number of fused-ring (bicyclic) bond motifs is 1. The number of H-pyrrole nitrogens is 2. The molecule has 2 aromatic heterocycles. The number of hydrogen-bond acceptors (Lipinski definition) is 8. The molecule has 0 spiro atoms. The topological polar surface area (TPSA) is 241 Å². The normalized spacial score (nSPS) is 14.9. The number of aliphatic hydroxyl groups excluding tert-OH is 1. The Bertz CT molecular complexity index is 1310. The van der Waals surface area contributed by atoms with E-state index in [0.29, 0.717) is 25.1 Å². The first-order valence-corrected chi connectivity index (χ1v) is 13.4. The fourth-order valence-corrected chi connectivity index (χ4v) is 4.34. The van der Waals surface area contributed by atoms with Crippen LogP contribution in [0.15, 0.2) is 43.0 Å². The molecule has 0 radical (unpaired) electrons. The number of imidazole rings is 1. The van der Waals surface area contributed by atoms with E-state index in [9.17, 15) is 29.4 Å². The Labute approximate surface area is 236 Å². The summed E-state index contributed by atoms with van der Waals surface area (Å²) >= 11 is 0. The minimum atomic E-state index is -1.29. The highest BCUT2D eigenvalue weighted by Crippen LogP contribution is 2.19. The van der Waals surface area contributed by atoms with E-state index in [2.05, 4.69) is 30.9 Å². The van der Waals surface area contributed by atoms with Crippen molar-refractivity contribution in [3.8, 4) is 0 Å². The molecule has 0 aliphatic rings. The quantitative estimate of drug-likeness (QED) is 0.0963. The van der Waals surface area contributed by atoms with Crippen molar-refractivity contribution in [3.05, 3.63) is 54.2 Å². The standard InChI is InChI=1S/C27H38N8O6/c1-15(36)23(29)26(39)35-21(10-16-12-31-19-7-3-2-6-18(16)19)24(37)34-22(11-17-13-30-14-32-17)25(38)33-20(27(40)41)8-4-5-9-28/h2-3,6-7,12-15,20-23,31,36H,4-5,8-11,28-29H2,1H3,(H,30,32)(H,33,38)(H,34,37)(H,35,39)(H,40,41). The molecular formula is C27H38N8O6. The number of aromatic amines is 2. The maximum Gasteiger partial charge on any atom is 0.326 e. The number of benzene rings is 1. The smallest absolute Gasteiger partial charge is 0.326 e. The predicted octanol–water partition coefficient (Wildman–Crippen LogP) is -0.948. The van der Waals surface area contributed by atoms with E-state index in [1.54, 1.807) is 6.20 Å². The summed E-state index contributed by atoms with van der Waals surface area (Å²) in [5, 5.41) is 28.0. The number of nitrogens with zero attached hydrogens (tertiary/aromatic N) is 1. The number of unbranched alkanes of at least 4 members (excludes halogenated alkanes) is 1. The van der Waals surface area contributed by atoms with Crippen molar-refractivity contribution in [1.29, 1.82) is 0 Å². The summed E-state index contributed by atoms with van der Waals surface area (Å²) in [6, 6.07) is 2.58. The number of carboxylic acids is 1. The second-order valence-corrected chi connectivity index (χ2v) is 9.92. The molecule has 3 aromatic rings. The van der Waals surface area contributed by atoms with E-state index in [0.717, 1.165) is 16.5 Å². The number of para-hydroxylation sites is 1. The molecule has 0 aliphatic carbocycles. The van der Waals surface area contributed by atoms with Gasteiger partial charge in [0.25, 0.3) is 0 Å². The molecule has 3 rings (SSSR count). The monoisotopic (exact) mass is 570 g/mol. The van der Waals surface area contributed by atoms with Crippen molar-refractivity contribution < 1.29 is 29.4 Å². The molecule has 14 heteroatoms. The fraction of sp³-hybridized carbons (Fsp3) is 0.444. The number of amides is 3. The van der Waals surface area contributed by atoms with Crippen LogP contribution in [-0.4, -0.2) is 85.7 Å². The molecule has 222 valence electrons. The van der Waals surface area contributed by atoms with Gasteiger partial charge in [-0.1, -0.05) is 18.2 Å². The van der Waals surface area contributed by atoms with Gasteiger partial charge in [-0.2, -0.15) is 0 Å². The van der Waals surface area contributed by atoms with Gasteiger partial charge in [0.15, 0.2) is 0 Å². The van der Waals surface area contributed by atoms with E-state index < -0.39 is 54.0 Å². The molecule has 11 N–H and O–H groups in total. The summed E-state index contributed by atoms with van der Waals surface area (Å²) in [6.45, 7) is 1.75. The zero-order chi connectivity index (χ0) is 29.9. The zero-order valence-electron chi connectivity index (χ0n) is 22.8.